The van der Waals surface area contributed by atoms with Crippen LogP contribution in [0.3, 0.4) is 0 Å². The number of ether oxygens (including phenoxy) is 1. The molecular weight excluding hydrogens is 256 g/mol. The summed E-state index contributed by atoms with van der Waals surface area (Å²) in [4.78, 5) is 4.15. The van der Waals surface area contributed by atoms with Crippen molar-refractivity contribution in [1.29, 1.82) is 0 Å². The van der Waals surface area contributed by atoms with E-state index in [1.807, 2.05) is 19.1 Å². The first-order valence-corrected chi connectivity index (χ1v) is 6.83. The van der Waals surface area contributed by atoms with Crippen LogP contribution in [0.1, 0.15) is 32.0 Å². The van der Waals surface area contributed by atoms with Crippen molar-refractivity contribution < 1.29 is 9.94 Å². The summed E-state index contributed by atoms with van der Waals surface area (Å²) in [6.07, 6.45) is 1.62. The van der Waals surface area contributed by atoms with Crippen molar-refractivity contribution in [3.8, 4) is 0 Å². The SMILES string of the molecule is CCOCC(NCc1cccnc1/C(N)=N/O)C(C)C. The van der Waals surface area contributed by atoms with E-state index in [0.717, 1.165) is 5.56 Å². The molecule has 1 rings (SSSR count). The van der Waals surface area contributed by atoms with Crippen LogP contribution < -0.4 is 11.1 Å². The van der Waals surface area contributed by atoms with Crippen LogP contribution in [0.4, 0.5) is 0 Å². The van der Waals surface area contributed by atoms with Crippen molar-refractivity contribution in [3.63, 3.8) is 0 Å². The Hall–Kier alpha value is -1.66. The van der Waals surface area contributed by atoms with E-state index in [9.17, 15) is 0 Å². The van der Waals surface area contributed by atoms with Crippen LogP contribution in [0.15, 0.2) is 23.5 Å². The van der Waals surface area contributed by atoms with Gasteiger partial charge in [-0.1, -0.05) is 25.1 Å². The molecular formula is C14H24N4O2. The van der Waals surface area contributed by atoms with Gasteiger partial charge in [0, 0.05) is 25.4 Å². The first-order chi connectivity index (χ1) is 9.60. The van der Waals surface area contributed by atoms with Gasteiger partial charge in [-0.2, -0.15) is 0 Å². The molecule has 1 aromatic rings. The Morgan fingerprint density at radius 2 is 2.30 bits per heavy atom. The highest BCUT2D eigenvalue weighted by Crippen LogP contribution is 2.08. The number of rotatable bonds is 8. The molecule has 1 aromatic heterocycles. The third-order valence-electron chi connectivity index (χ3n) is 3.10. The zero-order chi connectivity index (χ0) is 15.0. The van der Waals surface area contributed by atoms with Gasteiger partial charge >= 0.3 is 0 Å². The quantitative estimate of drug-likeness (QED) is 0.289. The van der Waals surface area contributed by atoms with E-state index in [2.05, 4.69) is 29.3 Å². The molecule has 0 aliphatic rings. The highest BCUT2D eigenvalue weighted by atomic mass is 16.5. The van der Waals surface area contributed by atoms with Gasteiger partial charge in [-0.3, -0.25) is 4.98 Å². The maximum absolute atomic E-state index is 8.78. The van der Waals surface area contributed by atoms with Crippen molar-refractivity contribution >= 4 is 5.84 Å². The average Bonchev–Trinajstić information content (AvgIpc) is 2.46. The Labute approximate surface area is 120 Å². The van der Waals surface area contributed by atoms with E-state index < -0.39 is 0 Å². The van der Waals surface area contributed by atoms with E-state index in [1.165, 1.54) is 0 Å². The second kappa shape index (κ2) is 8.50. The molecule has 6 nitrogen and oxygen atoms in total. The Morgan fingerprint density at radius 1 is 1.55 bits per heavy atom. The number of amidine groups is 1. The molecule has 0 aromatic carbocycles. The minimum Gasteiger partial charge on any atom is -0.409 e. The van der Waals surface area contributed by atoms with Crippen LogP contribution in [0.5, 0.6) is 0 Å². The highest BCUT2D eigenvalue weighted by Gasteiger charge is 2.14. The van der Waals surface area contributed by atoms with Gasteiger partial charge in [0.25, 0.3) is 0 Å². The van der Waals surface area contributed by atoms with Gasteiger partial charge in [-0.15, -0.1) is 0 Å². The van der Waals surface area contributed by atoms with Crippen molar-refractivity contribution in [2.75, 3.05) is 13.2 Å². The summed E-state index contributed by atoms with van der Waals surface area (Å²) < 4.78 is 5.48. The molecule has 0 amide bonds. The zero-order valence-corrected chi connectivity index (χ0v) is 12.3. The lowest BCUT2D eigenvalue weighted by molar-refractivity contribution is 0.108. The minimum absolute atomic E-state index is 0.0216. The molecule has 20 heavy (non-hydrogen) atoms. The molecule has 0 bridgehead atoms. The molecule has 1 atom stereocenters. The molecule has 0 radical (unpaired) electrons. The molecule has 1 heterocycles. The number of nitrogens with two attached hydrogens (primary N) is 1. The number of nitrogens with one attached hydrogen (secondary N) is 1. The number of aromatic nitrogens is 1. The van der Waals surface area contributed by atoms with Crippen LogP contribution >= 0.6 is 0 Å². The third-order valence-corrected chi connectivity index (χ3v) is 3.10. The maximum Gasteiger partial charge on any atom is 0.189 e. The summed E-state index contributed by atoms with van der Waals surface area (Å²) >= 11 is 0. The van der Waals surface area contributed by atoms with Gasteiger partial charge < -0.3 is 21.0 Å². The van der Waals surface area contributed by atoms with Gasteiger partial charge in [-0.05, 0) is 24.5 Å². The van der Waals surface area contributed by atoms with E-state index >= 15 is 0 Å². The molecule has 0 saturated carbocycles. The van der Waals surface area contributed by atoms with Crippen molar-refractivity contribution in [3.05, 3.63) is 29.6 Å². The molecule has 0 aliphatic heterocycles. The van der Waals surface area contributed by atoms with Gasteiger partial charge in [0.2, 0.25) is 0 Å². The summed E-state index contributed by atoms with van der Waals surface area (Å²) in [5.74, 6) is 0.471. The summed E-state index contributed by atoms with van der Waals surface area (Å²) in [5, 5.41) is 15.2. The number of hydrogen-bond acceptors (Lipinski definition) is 5. The Bertz CT molecular complexity index is 435. The van der Waals surface area contributed by atoms with E-state index in [-0.39, 0.29) is 11.9 Å². The summed E-state index contributed by atoms with van der Waals surface area (Å²) in [5.41, 5.74) is 7.02. The topological polar surface area (TPSA) is 92.8 Å². The first-order valence-electron chi connectivity index (χ1n) is 6.83. The van der Waals surface area contributed by atoms with E-state index in [4.69, 9.17) is 15.7 Å². The Morgan fingerprint density at radius 3 is 2.90 bits per heavy atom. The fourth-order valence-corrected chi connectivity index (χ4v) is 1.83. The first kappa shape index (κ1) is 16.4. The molecule has 1 unspecified atom stereocenters. The van der Waals surface area contributed by atoms with Crippen LogP contribution in [0, 0.1) is 5.92 Å². The minimum atomic E-state index is 0.0216. The Balaban J connectivity index is 2.73. The van der Waals surface area contributed by atoms with Crippen LogP contribution in [-0.4, -0.2) is 35.3 Å². The number of hydrogen-bond donors (Lipinski definition) is 3. The fourth-order valence-electron chi connectivity index (χ4n) is 1.83. The summed E-state index contributed by atoms with van der Waals surface area (Å²) in [6, 6.07) is 3.99. The second-order valence-corrected chi connectivity index (χ2v) is 4.89. The molecule has 0 spiro atoms. The monoisotopic (exact) mass is 280 g/mol. The lowest BCUT2D eigenvalue weighted by Gasteiger charge is -2.22. The third kappa shape index (κ3) is 4.79. The molecule has 0 saturated heterocycles. The lowest BCUT2D eigenvalue weighted by atomic mass is 10.0. The van der Waals surface area contributed by atoms with Gasteiger partial charge in [0.1, 0.15) is 5.69 Å². The standard InChI is InChI=1S/C14H24N4O2/c1-4-20-9-12(10(2)3)17-8-11-6-5-7-16-13(11)14(15)18-19/h5-7,10,12,17,19H,4,8-9H2,1-3H3,(H2,15,18). The second-order valence-electron chi connectivity index (χ2n) is 4.89. The fraction of sp³-hybridized carbons (Fsp3) is 0.571. The molecule has 4 N–H and O–H groups in total. The van der Waals surface area contributed by atoms with Crippen LogP contribution in [0.25, 0.3) is 0 Å². The van der Waals surface area contributed by atoms with Gasteiger partial charge in [-0.25, -0.2) is 0 Å². The highest BCUT2D eigenvalue weighted by molar-refractivity contribution is 5.96. The summed E-state index contributed by atoms with van der Waals surface area (Å²) in [7, 11) is 0. The largest absolute Gasteiger partial charge is 0.409 e. The lowest BCUT2D eigenvalue weighted by Crippen LogP contribution is -2.38. The molecule has 0 aliphatic carbocycles. The van der Waals surface area contributed by atoms with Gasteiger partial charge in [0.05, 0.1) is 6.61 Å². The normalized spacial score (nSPS) is 13.7. The molecule has 0 fully saturated rings. The van der Waals surface area contributed by atoms with E-state index in [0.29, 0.717) is 31.4 Å². The van der Waals surface area contributed by atoms with Crippen molar-refractivity contribution in [2.24, 2.45) is 16.8 Å². The predicted octanol–water partition coefficient (Wildman–Crippen LogP) is 1.33. The van der Waals surface area contributed by atoms with Crippen molar-refractivity contribution in [2.45, 2.75) is 33.4 Å². The van der Waals surface area contributed by atoms with Crippen LogP contribution in [-0.2, 0) is 11.3 Å². The molecule has 112 valence electrons. The zero-order valence-electron chi connectivity index (χ0n) is 12.3. The van der Waals surface area contributed by atoms with E-state index in [1.54, 1.807) is 6.20 Å². The summed E-state index contributed by atoms with van der Waals surface area (Å²) in [6.45, 7) is 8.22. The van der Waals surface area contributed by atoms with Gasteiger partial charge in [0.15, 0.2) is 5.84 Å². The smallest absolute Gasteiger partial charge is 0.189 e. The number of pyridine rings is 1. The number of oxime groups is 1. The number of nitrogens with zero attached hydrogens (tertiary/aromatic N) is 2. The Kier molecular flexibility index (Phi) is 6.97. The molecule has 6 heteroatoms. The van der Waals surface area contributed by atoms with Crippen molar-refractivity contribution in [1.82, 2.24) is 10.3 Å². The predicted molar refractivity (Wildman–Crippen MR) is 78.7 cm³/mol. The maximum atomic E-state index is 8.78. The van der Waals surface area contributed by atoms with Crippen LogP contribution in [0.2, 0.25) is 0 Å². The average molecular weight is 280 g/mol.